The quantitative estimate of drug-likeness (QED) is 0.761. The molecule has 1 aromatic rings. The Balaban J connectivity index is 2.33. The number of aryl methyl sites for hydroxylation is 1. The van der Waals surface area contributed by atoms with E-state index in [0.717, 1.165) is 30.1 Å². The molecule has 0 saturated carbocycles. The molecule has 1 aliphatic heterocycles. The summed E-state index contributed by atoms with van der Waals surface area (Å²) < 4.78 is 0.273. The zero-order chi connectivity index (χ0) is 12.5. The number of thioether (sulfide) groups is 1. The maximum absolute atomic E-state index is 9.19. The highest BCUT2D eigenvalue weighted by molar-refractivity contribution is 8.00. The first-order valence-corrected chi connectivity index (χ1v) is 6.90. The van der Waals surface area contributed by atoms with Gasteiger partial charge in [-0.2, -0.15) is 17.0 Å². The normalized spacial score (nSPS) is 18.8. The zero-order valence-electron chi connectivity index (χ0n) is 10.7. The Bertz CT molecular complexity index is 460. The number of rotatable bonds is 1. The Morgan fingerprint density at radius 3 is 2.82 bits per heavy atom. The molecule has 0 amide bonds. The van der Waals surface area contributed by atoms with E-state index in [9.17, 15) is 5.26 Å². The summed E-state index contributed by atoms with van der Waals surface area (Å²) in [5.74, 6) is 1.13. The summed E-state index contributed by atoms with van der Waals surface area (Å²) in [6, 6.07) is 8.36. The van der Waals surface area contributed by atoms with Crippen molar-refractivity contribution in [3.05, 3.63) is 29.3 Å². The third-order valence-electron chi connectivity index (χ3n) is 3.04. The molecule has 0 aliphatic carbocycles. The average molecular weight is 246 g/mol. The second kappa shape index (κ2) is 4.62. The molecule has 1 fully saturated rings. The van der Waals surface area contributed by atoms with Crippen LogP contribution in [-0.4, -0.2) is 23.6 Å². The number of hydrogen-bond acceptors (Lipinski definition) is 3. The van der Waals surface area contributed by atoms with Gasteiger partial charge in [0.05, 0.1) is 11.3 Å². The van der Waals surface area contributed by atoms with Crippen LogP contribution >= 0.6 is 11.8 Å². The smallest absolute Gasteiger partial charge is 0.101 e. The molecule has 0 unspecified atom stereocenters. The van der Waals surface area contributed by atoms with E-state index in [2.05, 4.69) is 37.8 Å². The molecule has 90 valence electrons. The largest absolute Gasteiger partial charge is 0.368 e. The van der Waals surface area contributed by atoms with Gasteiger partial charge in [0.2, 0.25) is 0 Å². The summed E-state index contributed by atoms with van der Waals surface area (Å²) in [6.45, 7) is 8.66. The fourth-order valence-corrected chi connectivity index (χ4v) is 3.33. The fraction of sp³-hybridized carbons (Fsp3) is 0.500. The number of anilines is 1. The van der Waals surface area contributed by atoms with Crippen LogP contribution in [0.25, 0.3) is 0 Å². The van der Waals surface area contributed by atoms with Crippen molar-refractivity contribution in [2.24, 2.45) is 0 Å². The van der Waals surface area contributed by atoms with Crippen LogP contribution in [0.3, 0.4) is 0 Å². The van der Waals surface area contributed by atoms with Crippen molar-refractivity contribution < 1.29 is 0 Å². The van der Waals surface area contributed by atoms with Crippen LogP contribution in [0.15, 0.2) is 18.2 Å². The van der Waals surface area contributed by atoms with Crippen LogP contribution < -0.4 is 4.90 Å². The predicted molar refractivity (Wildman–Crippen MR) is 74.6 cm³/mol. The fourth-order valence-electron chi connectivity index (χ4n) is 2.22. The molecule has 1 heterocycles. The molecule has 0 atom stereocenters. The lowest BCUT2D eigenvalue weighted by molar-refractivity contribution is 0.647. The lowest BCUT2D eigenvalue weighted by atomic mass is 10.1. The van der Waals surface area contributed by atoms with Crippen molar-refractivity contribution in [2.45, 2.75) is 25.5 Å². The lowest BCUT2D eigenvalue weighted by Crippen LogP contribution is -2.43. The van der Waals surface area contributed by atoms with Gasteiger partial charge in [-0.05, 0) is 38.5 Å². The SMILES string of the molecule is Cc1ccc(C#N)c(N2CCSC(C)(C)C2)c1. The third-order valence-corrected chi connectivity index (χ3v) is 4.34. The van der Waals surface area contributed by atoms with E-state index in [1.807, 2.05) is 23.9 Å². The zero-order valence-corrected chi connectivity index (χ0v) is 11.5. The van der Waals surface area contributed by atoms with Crippen molar-refractivity contribution >= 4 is 17.4 Å². The van der Waals surface area contributed by atoms with E-state index in [0.29, 0.717) is 0 Å². The van der Waals surface area contributed by atoms with E-state index in [4.69, 9.17) is 0 Å². The Morgan fingerprint density at radius 2 is 2.18 bits per heavy atom. The van der Waals surface area contributed by atoms with Gasteiger partial charge in [-0.15, -0.1) is 0 Å². The highest BCUT2D eigenvalue weighted by Gasteiger charge is 2.28. The molecular formula is C14H18N2S. The second-order valence-corrected chi connectivity index (χ2v) is 6.96. The molecule has 0 radical (unpaired) electrons. The molecule has 0 N–H and O–H groups in total. The summed E-state index contributed by atoms with van der Waals surface area (Å²) in [7, 11) is 0. The molecule has 3 heteroatoms. The summed E-state index contributed by atoms with van der Waals surface area (Å²) in [6.07, 6.45) is 0. The van der Waals surface area contributed by atoms with Gasteiger partial charge >= 0.3 is 0 Å². The van der Waals surface area contributed by atoms with Crippen LogP contribution in [0.1, 0.15) is 25.0 Å². The molecule has 0 bridgehead atoms. The van der Waals surface area contributed by atoms with Crippen LogP contribution in [0.2, 0.25) is 0 Å². The van der Waals surface area contributed by atoms with Gasteiger partial charge in [-0.3, -0.25) is 0 Å². The first-order chi connectivity index (χ1) is 8.02. The minimum absolute atomic E-state index is 0.273. The van der Waals surface area contributed by atoms with Crippen LogP contribution in [0.5, 0.6) is 0 Å². The van der Waals surface area contributed by atoms with Crippen molar-refractivity contribution in [1.29, 1.82) is 5.26 Å². The van der Waals surface area contributed by atoms with E-state index in [-0.39, 0.29) is 4.75 Å². The van der Waals surface area contributed by atoms with Gasteiger partial charge in [0.15, 0.2) is 0 Å². The minimum atomic E-state index is 0.273. The Kier molecular flexibility index (Phi) is 3.35. The molecule has 1 aliphatic rings. The number of hydrogen-bond donors (Lipinski definition) is 0. The first kappa shape index (κ1) is 12.3. The summed E-state index contributed by atoms with van der Waals surface area (Å²) in [5, 5.41) is 9.19. The summed E-state index contributed by atoms with van der Waals surface area (Å²) >= 11 is 2.01. The Labute approximate surface area is 108 Å². The van der Waals surface area contributed by atoms with Crippen molar-refractivity contribution in [1.82, 2.24) is 0 Å². The van der Waals surface area contributed by atoms with Gasteiger partial charge in [-0.1, -0.05) is 6.07 Å². The molecule has 0 aromatic heterocycles. The Morgan fingerprint density at radius 1 is 1.41 bits per heavy atom. The van der Waals surface area contributed by atoms with Gasteiger partial charge < -0.3 is 4.90 Å². The second-order valence-electron chi connectivity index (χ2n) is 5.16. The molecule has 2 nitrogen and oxygen atoms in total. The number of benzene rings is 1. The highest BCUT2D eigenvalue weighted by atomic mass is 32.2. The van der Waals surface area contributed by atoms with Crippen LogP contribution in [-0.2, 0) is 0 Å². The van der Waals surface area contributed by atoms with Crippen LogP contribution in [0.4, 0.5) is 5.69 Å². The van der Waals surface area contributed by atoms with Crippen molar-refractivity contribution in [2.75, 3.05) is 23.7 Å². The van der Waals surface area contributed by atoms with Gasteiger partial charge in [0.25, 0.3) is 0 Å². The van der Waals surface area contributed by atoms with Crippen molar-refractivity contribution in [3.63, 3.8) is 0 Å². The van der Waals surface area contributed by atoms with E-state index in [1.54, 1.807) is 0 Å². The molecule has 1 saturated heterocycles. The Hall–Kier alpha value is -1.14. The van der Waals surface area contributed by atoms with Crippen LogP contribution in [0, 0.1) is 18.3 Å². The number of nitrogens with zero attached hydrogens (tertiary/aromatic N) is 2. The monoisotopic (exact) mass is 246 g/mol. The van der Waals surface area contributed by atoms with E-state index >= 15 is 0 Å². The maximum Gasteiger partial charge on any atom is 0.101 e. The molecular weight excluding hydrogens is 228 g/mol. The van der Waals surface area contributed by atoms with Gasteiger partial charge in [-0.25, -0.2) is 0 Å². The molecule has 0 spiro atoms. The maximum atomic E-state index is 9.19. The summed E-state index contributed by atoms with van der Waals surface area (Å²) in [5.41, 5.74) is 3.11. The average Bonchev–Trinajstić information content (AvgIpc) is 2.27. The third kappa shape index (κ3) is 2.76. The van der Waals surface area contributed by atoms with E-state index in [1.165, 1.54) is 5.56 Å². The highest BCUT2D eigenvalue weighted by Crippen LogP contribution is 2.33. The molecule has 1 aromatic carbocycles. The molecule has 2 rings (SSSR count). The first-order valence-electron chi connectivity index (χ1n) is 5.91. The standard InChI is InChI=1S/C14H18N2S/c1-11-4-5-12(9-15)13(8-11)16-6-7-17-14(2,3)10-16/h4-5,8H,6-7,10H2,1-3H3. The van der Waals surface area contributed by atoms with Crippen molar-refractivity contribution in [3.8, 4) is 6.07 Å². The van der Waals surface area contributed by atoms with E-state index < -0.39 is 0 Å². The summed E-state index contributed by atoms with van der Waals surface area (Å²) in [4.78, 5) is 2.35. The molecule has 17 heavy (non-hydrogen) atoms. The number of nitriles is 1. The minimum Gasteiger partial charge on any atom is -0.368 e. The van der Waals surface area contributed by atoms with Gasteiger partial charge in [0, 0.05) is 23.6 Å². The lowest BCUT2D eigenvalue weighted by Gasteiger charge is -2.39. The van der Waals surface area contributed by atoms with Gasteiger partial charge in [0.1, 0.15) is 6.07 Å². The topological polar surface area (TPSA) is 27.0 Å². The predicted octanol–water partition coefficient (Wildman–Crippen LogP) is 3.20.